The van der Waals surface area contributed by atoms with Crippen LogP contribution in [0.15, 0.2) is 24.3 Å². The summed E-state index contributed by atoms with van der Waals surface area (Å²) in [5.74, 6) is -1.63. The fourth-order valence-corrected chi connectivity index (χ4v) is 5.43. The number of hydrogen-bond donors (Lipinski definition) is 1. The van der Waals surface area contributed by atoms with Crippen LogP contribution < -0.4 is 10.1 Å². The lowest BCUT2D eigenvalue weighted by Gasteiger charge is -2.39. The molecule has 1 aliphatic carbocycles. The number of carbonyl (C=O) groups is 3. The van der Waals surface area contributed by atoms with Gasteiger partial charge in [0.2, 0.25) is 5.91 Å². The van der Waals surface area contributed by atoms with E-state index in [1.165, 1.54) is 29.2 Å². The number of carbonyl (C=O) groups excluding carboxylic acids is 3. The van der Waals surface area contributed by atoms with Crippen molar-refractivity contribution in [2.75, 3.05) is 26.3 Å². The standard InChI is InChI=1S/C23H26F3N3O6/c24-23(25,26)35-17-3-1-15(2-4-17)12-28-13-16(11-18(28)30)14-29-19(31)21(27-20(29)32)5-7-22(8-6-21)33-9-10-34-22/h1-4,16H,5-14H2,(H,27,32). The highest BCUT2D eigenvalue weighted by Gasteiger charge is 2.56. The second kappa shape index (κ2) is 8.66. The van der Waals surface area contributed by atoms with Crippen molar-refractivity contribution in [3.63, 3.8) is 0 Å². The van der Waals surface area contributed by atoms with Gasteiger partial charge in [0, 0.05) is 44.8 Å². The Kier molecular flexibility index (Phi) is 5.91. The number of hydrogen-bond acceptors (Lipinski definition) is 6. The van der Waals surface area contributed by atoms with Crippen LogP contribution in [0.5, 0.6) is 5.75 Å². The van der Waals surface area contributed by atoms with E-state index in [4.69, 9.17) is 9.47 Å². The SMILES string of the molecule is O=C1CC(CN2C(=O)NC3(CCC4(CC3)OCCO4)C2=O)CN1Cc1ccc(OC(F)(F)F)cc1. The van der Waals surface area contributed by atoms with Gasteiger partial charge in [-0.2, -0.15) is 0 Å². The normalized spacial score (nSPS) is 25.7. The van der Waals surface area contributed by atoms with E-state index in [-0.39, 0.29) is 43.0 Å². The van der Waals surface area contributed by atoms with Gasteiger partial charge in [-0.25, -0.2) is 4.79 Å². The largest absolute Gasteiger partial charge is 0.573 e. The maximum atomic E-state index is 13.2. The first-order valence-corrected chi connectivity index (χ1v) is 11.6. The van der Waals surface area contributed by atoms with Crippen LogP contribution in [0.25, 0.3) is 0 Å². The Hall–Kier alpha value is -2.86. The van der Waals surface area contributed by atoms with E-state index < -0.39 is 23.7 Å². The molecule has 5 rings (SSSR count). The van der Waals surface area contributed by atoms with Crippen LogP contribution in [0.3, 0.4) is 0 Å². The minimum absolute atomic E-state index is 0.130. The minimum atomic E-state index is -4.77. The van der Waals surface area contributed by atoms with Crippen LogP contribution in [0.1, 0.15) is 37.7 Å². The van der Waals surface area contributed by atoms with Gasteiger partial charge in [0.1, 0.15) is 11.3 Å². The summed E-state index contributed by atoms with van der Waals surface area (Å²) < 4.78 is 52.3. The van der Waals surface area contributed by atoms with Crippen molar-refractivity contribution in [3.05, 3.63) is 29.8 Å². The molecule has 0 radical (unpaired) electrons. The molecular formula is C23H26F3N3O6. The molecule has 190 valence electrons. The summed E-state index contributed by atoms with van der Waals surface area (Å²) in [6, 6.07) is 4.88. The van der Waals surface area contributed by atoms with Gasteiger partial charge in [-0.05, 0) is 30.5 Å². The molecule has 9 nitrogen and oxygen atoms in total. The van der Waals surface area contributed by atoms with E-state index in [2.05, 4.69) is 10.1 Å². The summed E-state index contributed by atoms with van der Waals surface area (Å²) >= 11 is 0. The molecule has 1 aromatic carbocycles. The predicted octanol–water partition coefficient (Wildman–Crippen LogP) is 2.54. The summed E-state index contributed by atoms with van der Waals surface area (Å²) in [6.45, 7) is 1.74. The number of likely N-dealkylation sites (tertiary alicyclic amines) is 1. The first-order valence-electron chi connectivity index (χ1n) is 11.6. The van der Waals surface area contributed by atoms with E-state index in [9.17, 15) is 27.6 Å². The predicted molar refractivity (Wildman–Crippen MR) is 113 cm³/mol. The zero-order valence-corrected chi connectivity index (χ0v) is 18.9. The number of benzene rings is 1. The van der Waals surface area contributed by atoms with Gasteiger partial charge >= 0.3 is 12.4 Å². The van der Waals surface area contributed by atoms with Gasteiger partial charge in [0.25, 0.3) is 5.91 Å². The molecule has 3 heterocycles. The Morgan fingerprint density at radius 1 is 1.03 bits per heavy atom. The van der Waals surface area contributed by atoms with Crippen molar-refractivity contribution in [2.45, 2.75) is 56.3 Å². The minimum Gasteiger partial charge on any atom is -0.406 e. The van der Waals surface area contributed by atoms with E-state index in [1.807, 2.05) is 0 Å². The number of urea groups is 1. The summed E-state index contributed by atoms with van der Waals surface area (Å²) in [4.78, 5) is 41.3. The first kappa shape index (κ1) is 23.9. The number of ether oxygens (including phenoxy) is 3. The number of nitrogens with one attached hydrogen (secondary N) is 1. The molecule has 12 heteroatoms. The van der Waals surface area contributed by atoms with Crippen LogP contribution in [-0.4, -0.2) is 71.6 Å². The third-order valence-corrected chi connectivity index (χ3v) is 7.19. The van der Waals surface area contributed by atoms with Gasteiger partial charge in [-0.3, -0.25) is 14.5 Å². The third kappa shape index (κ3) is 4.81. The van der Waals surface area contributed by atoms with Gasteiger partial charge in [0.05, 0.1) is 13.2 Å². The Morgan fingerprint density at radius 3 is 2.31 bits per heavy atom. The second-order valence-electron chi connectivity index (χ2n) is 9.57. The number of nitrogens with zero attached hydrogens (tertiary/aromatic N) is 2. The van der Waals surface area contributed by atoms with Gasteiger partial charge in [-0.15, -0.1) is 13.2 Å². The molecule has 35 heavy (non-hydrogen) atoms. The molecule has 3 saturated heterocycles. The molecule has 4 aliphatic rings. The molecule has 1 unspecified atom stereocenters. The van der Waals surface area contributed by atoms with Crippen molar-refractivity contribution >= 4 is 17.8 Å². The summed E-state index contributed by atoms with van der Waals surface area (Å²) in [5.41, 5.74) is -0.310. The van der Waals surface area contributed by atoms with Crippen molar-refractivity contribution in [1.29, 1.82) is 0 Å². The highest BCUT2D eigenvalue weighted by Crippen LogP contribution is 2.43. The lowest BCUT2D eigenvalue weighted by Crippen LogP contribution is -2.53. The number of amides is 4. The zero-order chi connectivity index (χ0) is 24.8. The van der Waals surface area contributed by atoms with E-state index in [0.717, 1.165) is 0 Å². The van der Waals surface area contributed by atoms with Gasteiger partial charge in [0.15, 0.2) is 5.79 Å². The molecule has 0 bridgehead atoms. The molecule has 2 spiro atoms. The Morgan fingerprint density at radius 2 is 1.69 bits per heavy atom. The number of rotatable bonds is 5. The van der Waals surface area contributed by atoms with Crippen molar-refractivity contribution in [1.82, 2.24) is 15.1 Å². The Balaban J connectivity index is 1.17. The summed E-state index contributed by atoms with van der Waals surface area (Å²) in [5, 5.41) is 2.87. The Labute approximate surface area is 199 Å². The smallest absolute Gasteiger partial charge is 0.406 e. The quantitative estimate of drug-likeness (QED) is 0.628. The topological polar surface area (TPSA) is 97.4 Å². The fraction of sp³-hybridized carbons (Fsp3) is 0.609. The number of alkyl halides is 3. The molecule has 4 fully saturated rings. The molecule has 1 atom stereocenters. The van der Waals surface area contributed by atoms with Crippen LogP contribution in [-0.2, 0) is 25.6 Å². The lowest BCUT2D eigenvalue weighted by molar-refractivity contribution is -0.274. The molecule has 3 aliphatic heterocycles. The lowest BCUT2D eigenvalue weighted by atomic mass is 9.78. The molecule has 0 aromatic heterocycles. The van der Waals surface area contributed by atoms with Gasteiger partial charge < -0.3 is 24.4 Å². The van der Waals surface area contributed by atoms with Crippen molar-refractivity contribution in [2.24, 2.45) is 5.92 Å². The van der Waals surface area contributed by atoms with Crippen molar-refractivity contribution < 1.29 is 41.8 Å². The molecule has 1 N–H and O–H groups in total. The summed E-state index contributed by atoms with van der Waals surface area (Å²) in [7, 11) is 0. The van der Waals surface area contributed by atoms with Crippen molar-refractivity contribution in [3.8, 4) is 5.75 Å². The molecule has 4 amide bonds. The van der Waals surface area contributed by atoms with Crippen LogP contribution >= 0.6 is 0 Å². The maximum absolute atomic E-state index is 13.2. The third-order valence-electron chi connectivity index (χ3n) is 7.19. The maximum Gasteiger partial charge on any atom is 0.573 e. The fourth-order valence-electron chi connectivity index (χ4n) is 5.43. The van der Waals surface area contributed by atoms with Gasteiger partial charge in [-0.1, -0.05) is 12.1 Å². The highest BCUT2D eigenvalue weighted by atomic mass is 19.4. The molecular weight excluding hydrogens is 471 g/mol. The van der Waals surface area contributed by atoms with Crippen LogP contribution in [0.4, 0.5) is 18.0 Å². The monoisotopic (exact) mass is 497 g/mol. The Bertz CT molecular complexity index is 999. The molecule has 1 aromatic rings. The first-order chi connectivity index (χ1) is 16.6. The zero-order valence-electron chi connectivity index (χ0n) is 18.9. The van der Waals surface area contributed by atoms with E-state index in [0.29, 0.717) is 51.0 Å². The summed E-state index contributed by atoms with van der Waals surface area (Å²) in [6.07, 6.45) is -2.68. The molecule has 1 saturated carbocycles. The number of imide groups is 1. The average Bonchev–Trinajstić information content (AvgIpc) is 3.45. The highest BCUT2D eigenvalue weighted by molar-refractivity contribution is 6.07. The average molecular weight is 497 g/mol. The second-order valence-corrected chi connectivity index (χ2v) is 9.57. The van der Waals surface area contributed by atoms with E-state index >= 15 is 0 Å². The van der Waals surface area contributed by atoms with Crippen LogP contribution in [0, 0.1) is 5.92 Å². The van der Waals surface area contributed by atoms with E-state index in [1.54, 1.807) is 4.90 Å². The van der Waals surface area contributed by atoms with Crippen LogP contribution in [0.2, 0.25) is 0 Å². The number of halogens is 3.